The summed E-state index contributed by atoms with van der Waals surface area (Å²) in [6, 6.07) is 1.94. The van der Waals surface area contributed by atoms with Gasteiger partial charge in [0.05, 0.1) is 30.2 Å². The highest BCUT2D eigenvalue weighted by molar-refractivity contribution is 6.63. The van der Waals surface area contributed by atoms with E-state index in [-0.39, 0.29) is 11.2 Å². The van der Waals surface area contributed by atoms with Crippen molar-refractivity contribution in [1.29, 1.82) is 0 Å². The lowest BCUT2D eigenvalue weighted by atomic mass is 9.79. The molecule has 1 aliphatic heterocycles. The lowest BCUT2D eigenvalue weighted by molar-refractivity contribution is 0.00578. The van der Waals surface area contributed by atoms with Crippen LogP contribution in [0.5, 0.6) is 5.88 Å². The summed E-state index contributed by atoms with van der Waals surface area (Å²) in [5.74, 6) is 0.525. The zero-order valence-corrected chi connectivity index (χ0v) is 12.4. The number of rotatable bonds is 3. The van der Waals surface area contributed by atoms with Gasteiger partial charge in [0.2, 0.25) is 5.88 Å². The molecule has 6 heteroatoms. The van der Waals surface area contributed by atoms with Crippen molar-refractivity contribution in [1.82, 2.24) is 4.98 Å². The minimum atomic E-state index is -0.472. The molecule has 0 atom stereocenters. The Morgan fingerprint density at radius 2 is 1.79 bits per heavy atom. The minimum Gasteiger partial charge on any atom is -0.481 e. The summed E-state index contributed by atoms with van der Waals surface area (Å²) in [5, 5.41) is 3.05. The van der Waals surface area contributed by atoms with E-state index in [4.69, 9.17) is 14.0 Å². The molecular weight excluding hydrogens is 243 g/mol. The Kier molecular flexibility index (Phi) is 3.49. The molecule has 0 aliphatic carbocycles. The first kappa shape index (κ1) is 14.2. The fraction of sp³-hybridized carbons (Fsp3) is 0.615. The van der Waals surface area contributed by atoms with E-state index in [0.29, 0.717) is 5.88 Å². The van der Waals surface area contributed by atoms with Crippen LogP contribution in [0.2, 0.25) is 0 Å². The Hall–Kier alpha value is -1.27. The van der Waals surface area contributed by atoms with E-state index in [2.05, 4.69) is 10.3 Å². The van der Waals surface area contributed by atoms with Gasteiger partial charge in [0, 0.05) is 12.5 Å². The molecule has 1 saturated heterocycles. The molecule has 1 aliphatic rings. The van der Waals surface area contributed by atoms with E-state index >= 15 is 0 Å². The van der Waals surface area contributed by atoms with Gasteiger partial charge in [-0.25, -0.2) is 4.98 Å². The van der Waals surface area contributed by atoms with Gasteiger partial charge >= 0.3 is 7.12 Å². The van der Waals surface area contributed by atoms with Crippen molar-refractivity contribution in [3.05, 3.63) is 12.3 Å². The van der Waals surface area contributed by atoms with Gasteiger partial charge in [-0.15, -0.1) is 0 Å². The largest absolute Gasteiger partial charge is 0.500 e. The van der Waals surface area contributed by atoms with Crippen LogP contribution < -0.4 is 15.5 Å². The van der Waals surface area contributed by atoms with E-state index in [0.717, 1.165) is 11.2 Å². The standard InChI is InChI=1S/C13H21BN2O3/c1-12(2)13(3,4)19-14(18-12)10-7-9(15-5)8-16-11(10)17-6/h7-8,15H,1-6H3. The highest BCUT2D eigenvalue weighted by Crippen LogP contribution is 2.37. The van der Waals surface area contributed by atoms with E-state index in [1.54, 1.807) is 13.3 Å². The van der Waals surface area contributed by atoms with Crippen LogP contribution >= 0.6 is 0 Å². The van der Waals surface area contributed by atoms with E-state index in [1.807, 2.05) is 40.8 Å². The van der Waals surface area contributed by atoms with Crippen LogP contribution in [0.1, 0.15) is 27.7 Å². The van der Waals surface area contributed by atoms with Gasteiger partial charge in [-0.3, -0.25) is 0 Å². The average molecular weight is 264 g/mol. The number of aromatic nitrogens is 1. The fourth-order valence-electron chi connectivity index (χ4n) is 1.92. The number of nitrogens with zero attached hydrogens (tertiary/aromatic N) is 1. The van der Waals surface area contributed by atoms with Crippen LogP contribution in [0.25, 0.3) is 0 Å². The third-order valence-corrected chi connectivity index (χ3v) is 3.87. The molecule has 19 heavy (non-hydrogen) atoms. The number of methoxy groups -OCH3 is 1. The first-order chi connectivity index (χ1) is 8.80. The van der Waals surface area contributed by atoms with Gasteiger partial charge in [0.25, 0.3) is 0 Å². The normalized spacial score (nSPS) is 20.4. The minimum absolute atomic E-state index is 0.377. The highest BCUT2D eigenvalue weighted by Gasteiger charge is 2.52. The molecule has 0 unspecified atom stereocenters. The Balaban J connectivity index is 2.38. The first-order valence-corrected chi connectivity index (χ1v) is 6.38. The van der Waals surface area contributed by atoms with Crippen LogP contribution in [0.4, 0.5) is 5.69 Å². The van der Waals surface area contributed by atoms with Crippen LogP contribution in [-0.4, -0.2) is 37.5 Å². The summed E-state index contributed by atoms with van der Waals surface area (Å²) in [5.41, 5.74) is 0.940. The van der Waals surface area contributed by atoms with Crippen LogP contribution in [0.3, 0.4) is 0 Å². The number of hydrogen-bond acceptors (Lipinski definition) is 5. The van der Waals surface area contributed by atoms with Crippen molar-refractivity contribution in [3.63, 3.8) is 0 Å². The highest BCUT2D eigenvalue weighted by atomic mass is 16.7. The predicted molar refractivity (Wildman–Crippen MR) is 76.1 cm³/mol. The van der Waals surface area contributed by atoms with Crippen LogP contribution in [0.15, 0.2) is 12.3 Å². The number of anilines is 1. The van der Waals surface area contributed by atoms with E-state index in [9.17, 15) is 0 Å². The quantitative estimate of drug-likeness (QED) is 0.837. The smallest absolute Gasteiger partial charge is 0.481 e. The van der Waals surface area contributed by atoms with Gasteiger partial charge < -0.3 is 19.4 Å². The second kappa shape index (κ2) is 4.69. The Labute approximate surface area is 114 Å². The molecule has 0 amide bonds. The lowest BCUT2D eigenvalue weighted by Gasteiger charge is -2.32. The van der Waals surface area contributed by atoms with Crippen molar-refractivity contribution in [2.24, 2.45) is 0 Å². The topological polar surface area (TPSA) is 52.6 Å². The molecule has 104 valence electrons. The SMILES string of the molecule is CNc1cnc(OC)c(B2OC(C)(C)C(C)(C)O2)c1. The van der Waals surface area contributed by atoms with Crippen LogP contribution in [0, 0.1) is 0 Å². The molecule has 5 nitrogen and oxygen atoms in total. The van der Waals surface area contributed by atoms with Crippen molar-refractivity contribution in [3.8, 4) is 5.88 Å². The summed E-state index contributed by atoms with van der Waals surface area (Å²) >= 11 is 0. The lowest BCUT2D eigenvalue weighted by Crippen LogP contribution is -2.41. The number of nitrogens with one attached hydrogen (secondary N) is 1. The molecular formula is C13H21BN2O3. The molecule has 0 spiro atoms. The number of hydrogen-bond donors (Lipinski definition) is 1. The van der Waals surface area contributed by atoms with Crippen LogP contribution in [-0.2, 0) is 9.31 Å². The summed E-state index contributed by atoms with van der Waals surface area (Å²) in [6.07, 6.45) is 1.72. The van der Waals surface area contributed by atoms with Crippen molar-refractivity contribution in [2.45, 2.75) is 38.9 Å². The summed E-state index contributed by atoms with van der Waals surface area (Å²) < 4.78 is 17.3. The number of pyridine rings is 1. The van der Waals surface area contributed by atoms with E-state index < -0.39 is 7.12 Å². The van der Waals surface area contributed by atoms with Crippen molar-refractivity contribution in [2.75, 3.05) is 19.5 Å². The molecule has 0 aromatic carbocycles. The zero-order valence-electron chi connectivity index (χ0n) is 12.4. The van der Waals surface area contributed by atoms with Crippen molar-refractivity contribution >= 4 is 18.3 Å². The molecule has 0 saturated carbocycles. The molecule has 2 heterocycles. The van der Waals surface area contributed by atoms with Gasteiger partial charge in [0.1, 0.15) is 0 Å². The maximum absolute atomic E-state index is 6.02. The Morgan fingerprint density at radius 3 is 2.26 bits per heavy atom. The summed E-state index contributed by atoms with van der Waals surface area (Å²) in [7, 11) is 2.97. The molecule has 1 fully saturated rings. The first-order valence-electron chi connectivity index (χ1n) is 6.38. The van der Waals surface area contributed by atoms with E-state index in [1.165, 1.54) is 0 Å². The monoisotopic (exact) mass is 264 g/mol. The molecule has 1 N–H and O–H groups in total. The van der Waals surface area contributed by atoms with Gasteiger partial charge in [-0.1, -0.05) is 0 Å². The van der Waals surface area contributed by atoms with Gasteiger partial charge in [-0.2, -0.15) is 0 Å². The number of ether oxygens (including phenoxy) is 1. The maximum Gasteiger partial charge on any atom is 0.500 e. The molecule has 1 aromatic heterocycles. The fourth-order valence-corrected chi connectivity index (χ4v) is 1.92. The third-order valence-electron chi connectivity index (χ3n) is 3.87. The molecule has 0 bridgehead atoms. The van der Waals surface area contributed by atoms with Crippen molar-refractivity contribution < 1.29 is 14.0 Å². The molecule has 2 rings (SSSR count). The second-order valence-corrected chi connectivity index (χ2v) is 5.66. The summed E-state index contributed by atoms with van der Waals surface area (Å²) in [6.45, 7) is 8.09. The molecule has 1 aromatic rings. The second-order valence-electron chi connectivity index (χ2n) is 5.66. The summed E-state index contributed by atoms with van der Waals surface area (Å²) in [4.78, 5) is 4.26. The maximum atomic E-state index is 6.02. The Morgan fingerprint density at radius 1 is 1.21 bits per heavy atom. The van der Waals surface area contributed by atoms with Gasteiger partial charge in [0.15, 0.2) is 0 Å². The predicted octanol–water partition coefficient (Wildman–Crippen LogP) is 1.43. The Bertz CT molecular complexity index is 461. The zero-order chi connectivity index (χ0) is 14.3. The average Bonchev–Trinajstić information content (AvgIpc) is 2.57. The molecule has 0 radical (unpaired) electrons. The third kappa shape index (κ3) is 2.42. The van der Waals surface area contributed by atoms with Gasteiger partial charge in [-0.05, 0) is 33.8 Å².